The van der Waals surface area contributed by atoms with Crippen LogP contribution in [0.1, 0.15) is 39.0 Å². The van der Waals surface area contributed by atoms with Crippen molar-refractivity contribution in [2.75, 3.05) is 7.05 Å². The summed E-state index contributed by atoms with van der Waals surface area (Å²) in [6.07, 6.45) is 6.61. The van der Waals surface area contributed by atoms with Crippen LogP contribution in [0.5, 0.6) is 0 Å². The van der Waals surface area contributed by atoms with Gasteiger partial charge in [-0.25, -0.2) is 13.4 Å². The molecule has 1 aromatic heterocycles. The average molecular weight is 317 g/mol. The second-order valence-electron chi connectivity index (χ2n) is 5.42. The molecule has 6 heteroatoms. The minimum Gasteiger partial charge on any atom is -0.243 e. The topological polar surface area (TPSA) is 50.3 Å². The Balaban J connectivity index is 2.11. The van der Waals surface area contributed by atoms with Gasteiger partial charge >= 0.3 is 0 Å². The molecule has 0 aromatic carbocycles. The van der Waals surface area contributed by atoms with Crippen molar-refractivity contribution in [2.24, 2.45) is 5.92 Å². The average Bonchev–Trinajstić information content (AvgIpc) is 2.47. The molecular formula is C14H21ClN2O2S. The first-order chi connectivity index (χ1) is 9.45. The smallest absolute Gasteiger partial charge is 0.243 e. The summed E-state index contributed by atoms with van der Waals surface area (Å²) in [5.74, 6) is 0.750. The Morgan fingerprint density at radius 3 is 2.45 bits per heavy atom. The monoisotopic (exact) mass is 316 g/mol. The van der Waals surface area contributed by atoms with Gasteiger partial charge in [-0.3, -0.25) is 0 Å². The van der Waals surface area contributed by atoms with Gasteiger partial charge in [-0.15, -0.1) is 0 Å². The van der Waals surface area contributed by atoms with E-state index in [1.54, 1.807) is 7.05 Å². The molecule has 1 saturated carbocycles. The molecule has 1 heterocycles. The predicted molar refractivity (Wildman–Crippen MR) is 80.2 cm³/mol. The van der Waals surface area contributed by atoms with Gasteiger partial charge in [-0.1, -0.05) is 24.9 Å². The van der Waals surface area contributed by atoms with E-state index in [1.807, 2.05) is 0 Å². The molecule has 0 N–H and O–H groups in total. The number of rotatable bonds is 4. The lowest BCUT2D eigenvalue weighted by Crippen LogP contribution is -2.39. The molecule has 0 unspecified atom stereocenters. The lowest BCUT2D eigenvalue weighted by molar-refractivity contribution is 0.233. The van der Waals surface area contributed by atoms with Crippen LogP contribution in [-0.2, 0) is 10.0 Å². The van der Waals surface area contributed by atoms with Crippen LogP contribution in [-0.4, -0.2) is 30.8 Å². The Morgan fingerprint density at radius 1 is 1.30 bits per heavy atom. The minimum atomic E-state index is -3.47. The van der Waals surface area contributed by atoms with Gasteiger partial charge in [-0.05, 0) is 43.7 Å². The molecule has 2 rings (SSSR count). The minimum absolute atomic E-state index is 0.0958. The predicted octanol–water partition coefficient (Wildman–Crippen LogP) is 3.32. The van der Waals surface area contributed by atoms with Crippen molar-refractivity contribution in [3.05, 3.63) is 23.5 Å². The number of sulfonamides is 1. The third-order valence-electron chi connectivity index (χ3n) is 4.29. The Labute approximate surface area is 126 Å². The summed E-state index contributed by atoms with van der Waals surface area (Å²) in [7, 11) is -1.80. The number of aromatic nitrogens is 1. The highest BCUT2D eigenvalue weighted by atomic mass is 35.5. The fourth-order valence-corrected chi connectivity index (χ4v) is 4.27. The molecule has 20 heavy (non-hydrogen) atoms. The second-order valence-corrected chi connectivity index (χ2v) is 7.81. The van der Waals surface area contributed by atoms with Crippen LogP contribution in [0, 0.1) is 5.92 Å². The first-order valence-electron chi connectivity index (χ1n) is 7.04. The fourth-order valence-electron chi connectivity index (χ4n) is 2.79. The van der Waals surface area contributed by atoms with E-state index >= 15 is 0 Å². The molecule has 1 aromatic rings. The zero-order chi connectivity index (χ0) is 14.8. The zero-order valence-electron chi connectivity index (χ0n) is 11.9. The molecule has 1 aliphatic rings. The van der Waals surface area contributed by atoms with Gasteiger partial charge in [0, 0.05) is 19.3 Å². The molecule has 0 amide bonds. The van der Waals surface area contributed by atoms with Gasteiger partial charge in [0.1, 0.15) is 10.0 Å². The summed E-state index contributed by atoms with van der Waals surface area (Å²) in [6, 6.07) is 3.12. The number of halogens is 1. The van der Waals surface area contributed by atoms with Crippen molar-refractivity contribution in [1.29, 1.82) is 0 Å². The number of hydrogen-bond donors (Lipinski definition) is 0. The van der Waals surface area contributed by atoms with E-state index in [2.05, 4.69) is 11.9 Å². The van der Waals surface area contributed by atoms with Gasteiger partial charge in [0.2, 0.25) is 10.0 Å². The van der Waals surface area contributed by atoms with Crippen LogP contribution in [0.25, 0.3) is 0 Å². The Kier molecular flexibility index (Phi) is 5.04. The van der Waals surface area contributed by atoms with E-state index < -0.39 is 10.0 Å². The van der Waals surface area contributed by atoms with Crippen molar-refractivity contribution in [1.82, 2.24) is 9.29 Å². The van der Waals surface area contributed by atoms with Crippen LogP contribution in [0.3, 0.4) is 0 Å². The molecule has 4 nitrogen and oxygen atoms in total. The number of nitrogens with zero attached hydrogens (tertiary/aromatic N) is 2. The molecular weight excluding hydrogens is 296 g/mol. The Morgan fingerprint density at radius 2 is 1.95 bits per heavy atom. The summed E-state index contributed by atoms with van der Waals surface area (Å²) >= 11 is 5.70. The van der Waals surface area contributed by atoms with E-state index in [0.717, 1.165) is 31.6 Å². The van der Waals surface area contributed by atoms with E-state index in [-0.39, 0.29) is 10.9 Å². The molecule has 0 saturated heterocycles. The number of hydrogen-bond acceptors (Lipinski definition) is 3. The van der Waals surface area contributed by atoms with Crippen molar-refractivity contribution >= 4 is 21.6 Å². The maximum atomic E-state index is 12.5. The van der Waals surface area contributed by atoms with Crippen LogP contribution in [0.4, 0.5) is 0 Å². The third-order valence-corrected chi connectivity index (χ3v) is 6.40. The van der Waals surface area contributed by atoms with Crippen molar-refractivity contribution in [3.63, 3.8) is 0 Å². The SMILES string of the molecule is CCC1CCC(N(C)S(=O)(=O)c2ccc(Cl)nc2)CC1. The maximum absolute atomic E-state index is 12.5. The normalized spacial score (nSPS) is 24.0. The van der Waals surface area contributed by atoms with Gasteiger partial charge in [-0.2, -0.15) is 4.31 Å². The lowest BCUT2D eigenvalue weighted by Gasteiger charge is -2.33. The fraction of sp³-hybridized carbons (Fsp3) is 0.643. The lowest BCUT2D eigenvalue weighted by atomic mass is 9.85. The standard InChI is InChI=1S/C14H21ClN2O2S/c1-3-11-4-6-12(7-5-11)17(2)20(18,19)13-8-9-14(15)16-10-13/h8-12H,3-7H2,1-2H3. The molecule has 0 radical (unpaired) electrons. The summed E-state index contributed by atoms with van der Waals surface area (Å²) in [6.45, 7) is 2.20. The molecule has 0 atom stereocenters. The molecule has 1 fully saturated rings. The summed E-state index contributed by atoms with van der Waals surface area (Å²) in [5, 5.41) is 0.301. The van der Waals surface area contributed by atoms with Crippen LogP contribution in [0.2, 0.25) is 5.15 Å². The molecule has 1 aliphatic carbocycles. The first kappa shape index (κ1) is 15.7. The van der Waals surface area contributed by atoms with E-state index in [1.165, 1.54) is 29.1 Å². The molecule has 112 valence electrons. The number of pyridine rings is 1. The zero-order valence-corrected chi connectivity index (χ0v) is 13.5. The first-order valence-corrected chi connectivity index (χ1v) is 8.86. The van der Waals surface area contributed by atoms with E-state index in [4.69, 9.17) is 11.6 Å². The summed E-state index contributed by atoms with van der Waals surface area (Å²) in [5.41, 5.74) is 0. The Hall–Kier alpha value is -0.650. The van der Waals surface area contributed by atoms with Gasteiger partial charge in [0.05, 0.1) is 0 Å². The summed E-state index contributed by atoms with van der Waals surface area (Å²) in [4.78, 5) is 4.07. The van der Waals surface area contributed by atoms with Crippen molar-refractivity contribution < 1.29 is 8.42 Å². The largest absolute Gasteiger partial charge is 0.244 e. The van der Waals surface area contributed by atoms with Gasteiger partial charge in [0.25, 0.3) is 0 Å². The van der Waals surface area contributed by atoms with Gasteiger partial charge < -0.3 is 0 Å². The second kappa shape index (κ2) is 6.41. The molecule has 0 bridgehead atoms. The third kappa shape index (κ3) is 3.32. The van der Waals surface area contributed by atoms with E-state index in [0.29, 0.717) is 5.15 Å². The van der Waals surface area contributed by atoms with Crippen LogP contribution in [0.15, 0.2) is 23.2 Å². The van der Waals surface area contributed by atoms with Gasteiger partial charge in [0.15, 0.2) is 0 Å². The highest BCUT2D eigenvalue weighted by Crippen LogP contribution is 2.31. The molecule has 0 spiro atoms. The highest BCUT2D eigenvalue weighted by molar-refractivity contribution is 7.89. The van der Waals surface area contributed by atoms with Crippen molar-refractivity contribution in [2.45, 2.75) is 50.0 Å². The summed E-state index contributed by atoms with van der Waals surface area (Å²) < 4.78 is 26.6. The van der Waals surface area contributed by atoms with Crippen LogP contribution >= 0.6 is 11.6 Å². The Bertz CT molecular complexity index is 537. The van der Waals surface area contributed by atoms with Crippen molar-refractivity contribution in [3.8, 4) is 0 Å². The quantitative estimate of drug-likeness (QED) is 0.801. The highest BCUT2D eigenvalue weighted by Gasteiger charge is 2.31. The molecule has 0 aliphatic heterocycles. The van der Waals surface area contributed by atoms with Crippen LogP contribution < -0.4 is 0 Å². The maximum Gasteiger partial charge on any atom is 0.244 e. The van der Waals surface area contributed by atoms with E-state index in [9.17, 15) is 8.42 Å².